The van der Waals surface area contributed by atoms with E-state index < -0.39 is 0 Å². The molecule has 0 aromatic heterocycles. The normalized spacial score (nSPS) is 14.0. The van der Waals surface area contributed by atoms with Crippen LogP contribution in [0.1, 0.15) is 41.8 Å². The van der Waals surface area contributed by atoms with E-state index in [-0.39, 0.29) is 5.91 Å². The van der Waals surface area contributed by atoms with Crippen LogP contribution in [0.25, 0.3) is 0 Å². The lowest BCUT2D eigenvalue weighted by molar-refractivity contribution is 0.0905. The molecule has 1 aromatic rings. The molecule has 4 nitrogen and oxygen atoms in total. The third-order valence-electron chi connectivity index (χ3n) is 3.73. The number of carbonyl (C=O) groups excluding carboxylic acids is 1. The molecule has 0 unspecified atom stereocenters. The van der Waals surface area contributed by atoms with Gasteiger partial charge in [-0.1, -0.05) is 19.9 Å². The van der Waals surface area contributed by atoms with Gasteiger partial charge >= 0.3 is 0 Å². The molecule has 0 spiro atoms. The Morgan fingerprint density at radius 1 is 1.33 bits per heavy atom. The number of hydrogen-bond acceptors (Lipinski definition) is 3. The molecule has 0 atom stereocenters. The number of ether oxygens (including phenoxy) is 1. The molecule has 0 saturated carbocycles. The first-order valence-electron chi connectivity index (χ1n) is 7.85. The van der Waals surface area contributed by atoms with E-state index in [2.05, 4.69) is 30.5 Å². The summed E-state index contributed by atoms with van der Waals surface area (Å²) in [4.78, 5) is 12.1. The van der Waals surface area contributed by atoms with Crippen LogP contribution in [0.4, 0.5) is 0 Å². The smallest absolute Gasteiger partial charge is 0.251 e. The topological polar surface area (TPSA) is 50.4 Å². The van der Waals surface area contributed by atoms with Crippen molar-refractivity contribution in [1.82, 2.24) is 10.6 Å². The number of carbonyl (C=O) groups is 1. The number of hydrogen-bond donors (Lipinski definition) is 2. The summed E-state index contributed by atoms with van der Waals surface area (Å²) in [6.07, 6.45) is 2.10. The molecule has 0 saturated heterocycles. The third kappa shape index (κ3) is 5.14. The van der Waals surface area contributed by atoms with Gasteiger partial charge in [-0.25, -0.2) is 0 Å². The van der Waals surface area contributed by atoms with Gasteiger partial charge in [-0.2, -0.15) is 0 Å². The van der Waals surface area contributed by atoms with Crippen LogP contribution in [-0.4, -0.2) is 32.2 Å². The van der Waals surface area contributed by atoms with Crippen LogP contribution in [0.2, 0.25) is 0 Å². The van der Waals surface area contributed by atoms with Crippen molar-refractivity contribution in [2.45, 2.75) is 33.2 Å². The lowest BCUT2D eigenvalue weighted by Gasteiger charge is -2.17. The second-order valence-electron chi connectivity index (χ2n) is 5.96. The minimum Gasteiger partial charge on any atom is -0.380 e. The molecule has 1 amide bonds. The number of benzene rings is 1. The van der Waals surface area contributed by atoms with E-state index in [9.17, 15) is 4.79 Å². The van der Waals surface area contributed by atoms with E-state index in [0.717, 1.165) is 38.1 Å². The Bertz CT molecular complexity index is 472. The third-order valence-corrected chi connectivity index (χ3v) is 3.73. The number of nitrogens with one attached hydrogen (secondary N) is 2. The summed E-state index contributed by atoms with van der Waals surface area (Å²) >= 11 is 0. The Morgan fingerprint density at radius 3 is 3.00 bits per heavy atom. The Balaban J connectivity index is 1.73. The Kier molecular flexibility index (Phi) is 6.21. The molecule has 116 valence electrons. The maximum atomic E-state index is 12.1. The Hall–Kier alpha value is -1.39. The maximum Gasteiger partial charge on any atom is 0.251 e. The Labute approximate surface area is 127 Å². The fourth-order valence-electron chi connectivity index (χ4n) is 2.38. The van der Waals surface area contributed by atoms with E-state index in [1.807, 2.05) is 12.1 Å². The van der Waals surface area contributed by atoms with Gasteiger partial charge in [-0.3, -0.25) is 4.79 Å². The summed E-state index contributed by atoms with van der Waals surface area (Å²) in [5, 5.41) is 6.24. The highest BCUT2D eigenvalue weighted by Gasteiger charge is 2.12. The van der Waals surface area contributed by atoms with E-state index in [1.54, 1.807) is 0 Å². The van der Waals surface area contributed by atoms with Gasteiger partial charge in [0.1, 0.15) is 0 Å². The fourth-order valence-corrected chi connectivity index (χ4v) is 2.38. The highest BCUT2D eigenvalue weighted by molar-refractivity contribution is 5.94. The lowest BCUT2D eigenvalue weighted by Crippen LogP contribution is -2.28. The molecule has 0 fully saturated rings. The van der Waals surface area contributed by atoms with Crippen LogP contribution in [0, 0.1) is 5.92 Å². The molecule has 21 heavy (non-hydrogen) atoms. The fraction of sp³-hybridized carbons (Fsp3) is 0.588. The van der Waals surface area contributed by atoms with Crippen LogP contribution < -0.4 is 10.6 Å². The van der Waals surface area contributed by atoms with Crippen molar-refractivity contribution in [3.63, 3.8) is 0 Å². The van der Waals surface area contributed by atoms with Crippen molar-refractivity contribution in [3.05, 3.63) is 34.9 Å². The van der Waals surface area contributed by atoms with E-state index >= 15 is 0 Å². The summed E-state index contributed by atoms with van der Waals surface area (Å²) < 4.78 is 5.50. The molecule has 1 aromatic carbocycles. The van der Waals surface area contributed by atoms with E-state index in [0.29, 0.717) is 19.1 Å². The van der Waals surface area contributed by atoms with Crippen molar-refractivity contribution in [1.29, 1.82) is 0 Å². The molecule has 0 aliphatic carbocycles. The average molecular weight is 290 g/mol. The summed E-state index contributed by atoms with van der Waals surface area (Å²) in [5.74, 6) is 0.638. The van der Waals surface area contributed by atoms with Crippen molar-refractivity contribution in [2.75, 3.05) is 26.3 Å². The van der Waals surface area contributed by atoms with Crippen molar-refractivity contribution >= 4 is 5.91 Å². The first kappa shape index (κ1) is 16.0. The Morgan fingerprint density at radius 2 is 2.19 bits per heavy atom. The lowest BCUT2D eigenvalue weighted by atomic mass is 9.98. The van der Waals surface area contributed by atoms with Gasteiger partial charge < -0.3 is 15.4 Å². The molecule has 1 aliphatic rings. The highest BCUT2D eigenvalue weighted by atomic mass is 16.5. The molecular formula is C17H26N2O2. The summed E-state index contributed by atoms with van der Waals surface area (Å²) in [7, 11) is 0. The van der Waals surface area contributed by atoms with Gasteiger partial charge in [-0.05, 0) is 48.6 Å². The van der Waals surface area contributed by atoms with Crippen LogP contribution >= 0.6 is 0 Å². The highest BCUT2D eigenvalue weighted by Crippen LogP contribution is 2.15. The van der Waals surface area contributed by atoms with Crippen LogP contribution in [0.3, 0.4) is 0 Å². The minimum absolute atomic E-state index is 0.0177. The average Bonchev–Trinajstić information content (AvgIpc) is 2.49. The van der Waals surface area contributed by atoms with Gasteiger partial charge in [0.2, 0.25) is 0 Å². The molecular weight excluding hydrogens is 264 g/mol. The van der Waals surface area contributed by atoms with Gasteiger partial charge in [0, 0.05) is 25.3 Å². The molecule has 4 heteroatoms. The number of rotatable bonds is 7. The SMILES string of the molecule is CC(C)CCOCCNC(=O)c1ccc2c(c1)CNCC2. The number of amides is 1. The molecule has 2 rings (SSSR count). The molecule has 0 bridgehead atoms. The second kappa shape index (κ2) is 8.15. The zero-order valence-electron chi connectivity index (χ0n) is 13.1. The summed E-state index contributed by atoms with van der Waals surface area (Å²) in [6.45, 7) is 8.13. The van der Waals surface area contributed by atoms with E-state index in [1.165, 1.54) is 11.1 Å². The van der Waals surface area contributed by atoms with Crippen LogP contribution in [0.15, 0.2) is 18.2 Å². The van der Waals surface area contributed by atoms with Crippen LogP contribution in [-0.2, 0) is 17.7 Å². The quantitative estimate of drug-likeness (QED) is 0.756. The van der Waals surface area contributed by atoms with Crippen molar-refractivity contribution < 1.29 is 9.53 Å². The predicted molar refractivity (Wildman–Crippen MR) is 84.5 cm³/mol. The zero-order chi connectivity index (χ0) is 15.1. The van der Waals surface area contributed by atoms with E-state index in [4.69, 9.17) is 4.74 Å². The van der Waals surface area contributed by atoms with Gasteiger partial charge in [0.15, 0.2) is 0 Å². The van der Waals surface area contributed by atoms with Gasteiger partial charge in [-0.15, -0.1) is 0 Å². The molecule has 2 N–H and O–H groups in total. The molecule has 1 heterocycles. The maximum absolute atomic E-state index is 12.1. The standard InChI is InChI=1S/C17H26N2O2/c1-13(2)6-9-21-10-8-19-17(20)15-4-3-14-5-7-18-12-16(14)11-15/h3-4,11,13,18H,5-10,12H2,1-2H3,(H,19,20). The number of fused-ring (bicyclic) bond motifs is 1. The largest absolute Gasteiger partial charge is 0.380 e. The van der Waals surface area contributed by atoms with Gasteiger partial charge in [0.25, 0.3) is 5.91 Å². The first-order chi connectivity index (χ1) is 10.2. The van der Waals surface area contributed by atoms with Crippen molar-refractivity contribution in [2.24, 2.45) is 5.92 Å². The zero-order valence-corrected chi connectivity index (χ0v) is 13.1. The molecule has 0 radical (unpaired) electrons. The van der Waals surface area contributed by atoms with Crippen molar-refractivity contribution in [3.8, 4) is 0 Å². The monoisotopic (exact) mass is 290 g/mol. The summed E-state index contributed by atoms with van der Waals surface area (Å²) in [5.41, 5.74) is 3.32. The first-order valence-corrected chi connectivity index (χ1v) is 7.85. The summed E-state index contributed by atoms with van der Waals surface area (Å²) in [6, 6.07) is 5.99. The second-order valence-corrected chi connectivity index (χ2v) is 5.96. The van der Waals surface area contributed by atoms with Crippen LogP contribution in [0.5, 0.6) is 0 Å². The minimum atomic E-state index is -0.0177. The molecule has 1 aliphatic heterocycles. The predicted octanol–water partition coefficient (Wildman–Crippen LogP) is 2.12. The van der Waals surface area contributed by atoms with Gasteiger partial charge in [0.05, 0.1) is 6.61 Å².